The van der Waals surface area contributed by atoms with Crippen molar-refractivity contribution in [3.8, 4) is 5.75 Å². The van der Waals surface area contributed by atoms with Crippen molar-refractivity contribution >= 4 is 29.2 Å². The van der Waals surface area contributed by atoms with Gasteiger partial charge in [0.1, 0.15) is 11.9 Å². The molecule has 6 heteroatoms. The maximum Gasteiger partial charge on any atom is 0.303 e. The Kier molecular flexibility index (Phi) is 3.95. The van der Waals surface area contributed by atoms with Crippen LogP contribution in [-0.4, -0.2) is 29.6 Å². The van der Waals surface area contributed by atoms with Crippen LogP contribution in [0.3, 0.4) is 0 Å². The van der Waals surface area contributed by atoms with Crippen molar-refractivity contribution in [3.63, 3.8) is 0 Å². The highest BCUT2D eigenvalue weighted by Crippen LogP contribution is 2.36. The van der Waals surface area contributed by atoms with Gasteiger partial charge in [-0.2, -0.15) is 0 Å². The average molecular weight is 284 g/mol. The molecule has 1 aromatic rings. The van der Waals surface area contributed by atoms with Gasteiger partial charge in [-0.1, -0.05) is 11.6 Å². The Hall–Kier alpha value is -1.75. The zero-order valence-corrected chi connectivity index (χ0v) is 11.2. The normalized spacial score (nSPS) is 17.6. The molecule has 0 saturated carbocycles. The van der Waals surface area contributed by atoms with Crippen molar-refractivity contribution in [3.05, 3.63) is 23.2 Å². The van der Waals surface area contributed by atoms with E-state index in [2.05, 4.69) is 0 Å². The van der Waals surface area contributed by atoms with E-state index in [9.17, 15) is 9.59 Å². The number of nitrogens with zero attached hydrogens (tertiary/aromatic N) is 1. The lowest BCUT2D eigenvalue weighted by atomic mass is 10.1. The number of rotatable bonds is 3. The minimum absolute atomic E-state index is 0.0337. The summed E-state index contributed by atoms with van der Waals surface area (Å²) < 4.78 is 5.62. The van der Waals surface area contributed by atoms with E-state index in [-0.39, 0.29) is 24.9 Å². The van der Waals surface area contributed by atoms with Crippen molar-refractivity contribution in [1.82, 2.24) is 0 Å². The second-order valence-corrected chi connectivity index (χ2v) is 4.88. The minimum Gasteiger partial charge on any atom is -0.487 e. The first-order valence-corrected chi connectivity index (χ1v) is 6.33. The van der Waals surface area contributed by atoms with Gasteiger partial charge in [-0.15, -0.1) is 0 Å². The first kappa shape index (κ1) is 13.7. The molecule has 0 saturated heterocycles. The summed E-state index contributed by atoms with van der Waals surface area (Å²) in [6, 6.07) is 5.06. The van der Waals surface area contributed by atoms with Crippen LogP contribution in [0.15, 0.2) is 18.2 Å². The van der Waals surface area contributed by atoms with Crippen molar-refractivity contribution in [2.75, 3.05) is 11.4 Å². The van der Waals surface area contributed by atoms with Crippen LogP contribution in [0.25, 0.3) is 0 Å². The minimum atomic E-state index is -0.985. The largest absolute Gasteiger partial charge is 0.487 e. The Bertz CT molecular complexity index is 517. The molecule has 1 atom stereocenters. The molecule has 0 bridgehead atoms. The summed E-state index contributed by atoms with van der Waals surface area (Å²) in [5.74, 6) is -0.631. The van der Waals surface area contributed by atoms with E-state index in [4.69, 9.17) is 21.4 Å². The molecular formula is C13H14ClNO4. The van der Waals surface area contributed by atoms with E-state index < -0.39 is 5.97 Å². The number of anilines is 1. The third-order valence-electron chi connectivity index (χ3n) is 2.83. The number of carboxylic acids is 1. The molecule has 0 aromatic heterocycles. The number of hydrogen-bond donors (Lipinski definition) is 1. The Morgan fingerprint density at radius 3 is 2.89 bits per heavy atom. The lowest BCUT2D eigenvalue weighted by molar-refractivity contribution is -0.138. The molecule has 102 valence electrons. The smallest absolute Gasteiger partial charge is 0.303 e. The highest BCUT2D eigenvalue weighted by Gasteiger charge is 2.27. The van der Waals surface area contributed by atoms with Gasteiger partial charge in [0.15, 0.2) is 0 Å². The molecular weight excluding hydrogens is 270 g/mol. The van der Waals surface area contributed by atoms with E-state index in [0.717, 1.165) is 0 Å². The van der Waals surface area contributed by atoms with Crippen LogP contribution in [0, 0.1) is 0 Å². The molecule has 1 aromatic carbocycles. The molecule has 1 amide bonds. The number of fused-ring (bicyclic) bond motifs is 1. The highest BCUT2D eigenvalue weighted by molar-refractivity contribution is 6.31. The fourth-order valence-corrected chi connectivity index (χ4v) is 2.16. The standard InChI is InChI=1S/C13H14ClNO4/c1-8-7-15(12(16)4-5-13(17)18)10-6-9(14)2-3-11(10)19-8/h2-3,6,8H,4-5,7H2,1H3,(H,17,18). The van der Waals surface area contributed by atoms with E-state index in [1.807, 2.05) is 6.92 Å². The Balaban J connectivity index is 2.24. The van der Waals surface area contributed by atoms with Crippen LogP contribution in [0.5, 0.6) is 5.75 Å². The van der Waals surface area contributed by atoms with Crippen LogP contribution in [-0.2, 0) is 9.59 Å². The van der Waals surface area contributed by atoms with Gasteiger partial charge >= 0.3 is 5.97 Å². The predicted molar refractivity (Wildman–Crippen MR) is 70.8 cm³/mol. The number of carbonyl (C=O) groups excluding carboxylic acids is 1. The fraction of sp³-hybridized carbons (Fsp3) is 0.385. The maximum atomic E-state index is 12.1. The van der Waals surface area contributed by atoms with Gasteiger partial charge in [0.25, 0.3) is 0 Å². The summed E-state index contributed by atoms with van der Waals surface area (Å²) in [5.41, 5.74) is 0.598. The summed E-state index contributed by atoms with van der Waals surface area (Å²) in [4.78, 5) is 24.2. The lowest BCUT2D eigenvalue weighted by Gasteiger charge is -2.33. The molecule has 0 aliphatic carbocycles. The molecule has 5 nitrogen and oxygen atoms in total. The predicted octanol–water partition coefficient (Wildman–Crippen LogP) is 2.32. The van der Waals surface area contributed by atoms with Crippen LogP contribution >= 0.6 is 11.6 Å². The number of carbonyl (C=O) groups is 2. The Labute approximate surface area is 115 Å². The Morgan fingerprint density at radius 2 is 2.21 bits per heavy atom. The SMILES string of the molecule is CC1CN(C(=O)CCC(=O)O)c2cc(Cl)ccc2O1. The van der Waals surface area contributed by atoms with Gasteiger partial charge in [-0.3, -0.25) is 9.59 Å². The van der Waals surface area contributed by atoms with Crippen molar-refractivity contribution < 1.29 is 19.4 Å². The van der Waals surface area contributed by atoms with Crippen LogP contribution in [0.4, 0.5) is 5.69 Å². The first-order chi connectivity index (χ1) is 8.97. The van der Waals surface area contributed by atoms with Crippen LogP contribution in [0.1, 0.15) is 19.8 Å². The molecule has 1 unspecified atom stereocenters. The second kappa shape index (κ2) is 5.48. The lowest BCUT2D eigenvalue weighted by Crippen LogP contribution is -2.42. The van der Waals surface area contributed by atoms with E-state index in [1.54, 1.807) is 23.1 Å². The monoisotopic (exact) mass is 283 g/mol. The molecule has 0 radical (unpaired) electrons. The third-order valence-corrected chi connectivity index (χ3v) is 3.07. The molecule has 0 fully saturated rings. The van der Waals surface area contributed by atoms with Crippen molar-refractivity contribution in [1.29, 1.82) is 0 Å². The highest BCUT2D eigenvalue weighted by atomic mass is 35.5. The Morgan fingerprint density at radius 1 is 1.47 bits per heavy atom. The summed E-state index contributed by atoms with van der Waals surface area (Å²) in [6.07, 6.45) is -0.350. The molecule has 19 heavy (non-hydrogen) atoms. The molecule has 0 spiro atoms. The summed E-state index contributed by atoms with van der Waals surface area (Å²) in [6.45, 7) is 2.25. The van der Waals surface area contributed by atoms with Crippen molar-refractivity contribution in [2.45, 2.75) is 25.9 Å². The van der Waals surface area contributed by atoms with E-state index in [1.165, 1.54) is 0 Å². The zero-order chi connectivity index (χ0) is 14.0. The van der Waals surface area contributed by atoms with Crippen LogP contribution in [0.2, 0.25) is 5.02 Å². The van der Waals surface area contributed by atoms with E-state index in [0.29, 0.717) is 23.0 Å². The van der Waals surface area contributed by atoms with Crippen molar-refractivity contribution in [2.24, 2.45) is 0 Å². The van der Waals surface area contributed by atoms with Gasteiger partial charge in [0.05, 0.1) is 18.7 Å². The number of halogens is 1. The number of benzene rings is 1. The molecule has 1 N–H and O–H groups in total. The molecule has 1 heterocycles. The fourth-order valence-electron chi connectivity index (χ4n) is 2.00. The van der Waals surface area contributed by atoms with Gasteiger partial charge in [-0.25, -0.2) is 0 Å². The van der Waals surface area contributed by atoms with Crippen LogP contribution < -0.4 is 9.64 Å². The topological polar surface area (TPSA) is 66.8 Å². The number of hydrogen-bond acceptors (Lipinski definition) is 3. The molecule has 2 rings (SSSR count). The third kappa shape index (κ3) is 3.17. The van der Waals surface area contributed by atoms with Gasteiger partial charge in [0, 0.05) is 11.4 Å². The van der Waals surface area contributed by atoms with E-state index >= 15 is 0 Å². The maximum absolute atomic E-state index is 12.1. The summed E-state index contributed by atoms with van der Waals surface area (Å²) in [7, 11) is 0. The van der Waals surface area contributed by atoms with Gasteiger partial charge < -0.3 is 14.7 Å². The van der Waals surface area contributed by atoms with Gasteiger partial charge in [-0.05, 0) is 25.1 Å². The molecule has 1 aliphatic heterocycles. The number of carboxylic acid groups (broad SMARTS) is 1. The molecule has 1 aliphatic rings. The zero-order valence-electron chi connectivity index (χ0n) is 10.4. The quantitative estimate of drug-likeness (QED) is 0.924. The number of ether oxygens (including phenoxy) is 1. The number of aliphatic carboxylic acids is 1. The number of amides is 1. The summed E-state index contributed by atoms with van der Waals surface area (Å²) >= 11 is 5.92. The van der Waals surface area contributed by atoms with Gasteiger partial charge in [0.2, 0.25) is 5.91 Å². The summed E-state index contributed by atoms with van der Waals surface area (Å²) in [5, 5.41) is 9.14. The second-order valence-electron chi connectivity index (χ2n) is 4.44. The average Bonchev–Trinajstić information content (AvgIpc) is 2.35. The first-order valence-electron chi connectivity index (χ1n) is 5.95.